The molecule has 0 radical (unpaired) electrons. The molecule has 0 aliphatic carbocycles. The van der Waals surface area contributed by atoms with Crippen molar-refractivity contribution in [2.45, 2.75) is 45.2 Å². The Balaban J connectivity index is 2.35. The van der Waals surface area contributed by atoms with E-state index in [0.29, 0.717) is 6.07 Å². The van der Waals surface area contributed by atoms with Gasteiger partial charge in [-0.2, -0.15) is 0 Å². The Bertz CT molecular complexity index is 494. The molecule has 19 heavy (non-hydrogen) atoms. The molecule has 2 rings (SSSR count). The molecule has 104 valence electrons. The van der Waals surface area contributed by atoms with Crippen molar-refractivity contribution in [1.82, 2.24) is 4.90 Å². The van der Waals surface area contributed by atoms with Crippen LogP contribution in [0.3, 0.4) is 0 Å². The van der Waals surface area contributed by atoms with E-state index in [0.717, 1.165) is 25.3 Å². The zero-order valence-electron chi connectivity index (χ0n) is 11.1. The molecule has 2 unspecified atom stereocenters. The lowest BCUT2D eigenvalue weighted by Gasteiger charge is -2.39. The molecule has 0 aromatic heterocycles. The van der Waals surface area contributed by atoms with E-state index < -0.39 is 17.5 Å². The Kier molecular flexibility index (Phi) is 3.73. The van der Waals surface area contributed by atoms with Crippen molar-refractivity contribution in [2.24, 2.45) is 0 Å². The van der Waals surface area contributed by atoms with Gasteiger partial charge < -0.3 is 10.6 Å². The SMILES string of the molecule is CC1CCCC(C)N1C(=O)c1cc(N)c(F)cc1F. The van der Waals surface area contributed by atoms with Gasteiger partial charge in [-0.15, -0.1) is 0 Å². The summed E-state index contributed by atoms with van der Waals surface area (Å²) < 4.78 is 26.9. The van der Waals surface area contributed by atoms with Gasteiger partial charge in [-0.1, -0.05) is 0 Å². The summed E-state index contributed by atoms with van der Waals surface area (Å²) in [6.45, 7) is 3.89. The van der Waals surface area contributed by atoms with Crippen LogP contribution in [-0.2, 0) is 0 Å². The zero-order valence-corrected chi connectivity index (χ0v) is 11.1. The van der Waals surface area contributed by atoms with Crippen molar-refractivity contribution in [3.63, 3.8) is 0 Å². The predicted octanol–water partition coefficient (Wildman–Crippen LogP) is 2.95. The zero-order chi connectivity index (χ0) is 14.2. The van der Waals surface area contributed by atoms with E-state index in [9.17, 15) is 13.6 Å². The molecule has 0 spiro atoms. The van der Waals surface area contributed by atoms with Crippen molar-refractivity contribution in [1.29, 1.82) is 0 Å². The van der Waals surface area contributed by atoms with Crippen LogP contribution in [0.4, 0.5) is 14.5 Å². The second-order valence-electron chi connectivity index (χ2n) is 5.19. The number of nitrogens with zero attached hydrogens (tertiary/aromatic N) is 1. The van der Waals surface area contributed by atoms with Crippen molar-refractivity contribution in [2.75, 3.05) is 5.73 Å². The number of nitrogens with two attached hydrogens (primary N) is 1. The van der Waals surface area contributed by atoms with Crippen LogP contribution in [0.5, 0.6) is 0 Å². The van der Waals surface area contributed by atoms with Crippen LogP contribution in [0, 0.1) is 11.6 Å². The number of amides is 1. The lowest BCUT2D eigenvalue weighted by atomic mass is 9.96. The van der Waals surface area contributed by atoms with E-state index in [1.54, 1.807) is 4.90 Å². The molecule has 2 N–H and O–H groups in total. The standard InChI is InChI=1S/C14H18F2N2O/c1-8-4-3-5-9(2)18(8)14(19)10-6-13(17)12(16)7-11(10)15/h6-9H,3-5,17H2,1-2H3. The maximum Gasteiger partial charge on any atom is 0.257 e. The molecule has 1 aromatic carbocycles. The van der Waals surface area contributed by atoms with Crippen molar-refractivity contribution < 1.29 is 13.6 Å². The van der Waals surface area contributed by atoms with E-state index in [2.05, 4.69) is 0 Å². The number of carbonyl (C=O) groups excluding carboxylic acids is 1. The van der Waals surface area contributed by atoms with E-state index >= 15 is 0 Å². The number of carbonyl (C=O) groups is 1. The number of hydrogen-bond acceptors (Lipinski definition) is 2. The molecule has 3 nitrogen and oxygen atoms in total. The van der Waals surface area contributed by atoms with Crippen LogP contribution >= 0.6 is 0 Å². The first kappa shape index (κ1) is 13.8. The fourth-order valence-electron chi connectivity index (χ4n) is 2.69. The fourth-order valence-corrected chi connectivity index (χ4v) is 2.69. The molecule has 1 aliphatic rings. The molecule has 1 aromatic rings. The summed E-state index contributed by atoms with van der Waals surface area (Å²) in [7, 11) is 0. The monoisotopic (exact) mass is 268 g/mol. The van der Waals surface area contributed by atoms with Crippen molar-refractivity contribution in [3.05, 3.63) is 29.3 Å². The van der Waals surface area contributed by atoms with Gasteiger partial charge in [-0.3, -0.25) is 4.79 Å². The van der Waals surface area contributed by atoms with Gasteiger partial charge in [-0.05, 0) is 39.2 Å². The number of benzene rings is 1. The number of rotatable bonds is 1. The highest BCUT2D eigenvalue weighted by molar-refractivity contribution is 5.95. The Hall–Kier alpha value is -1.65. The Labute approximate surface area is 111 Å². The van der Waals surface area contributed by atoms with Crippen molar-refractivity contribution >= 4 is 11.6 Å². The van der Waals surface area contributed by atoms with Gasteiger partial charge in [0.1, 0.15) is 11.6 Å². The van der Waals surface area contributed by atoms with Crippen LogP contribution in [0.25, 0.3) is 0 Å². The van der Waals surface area contributed by atoms with Gasteiger partial charge in [0.05, 0.1) is 11.3 Å². The minimum atomic E-state index is -0.860. The highest BCUT2D eigenvalue weighted by Gasteiger charge is 2.31. The van der Waals surface area contributed by atoms with E-state index in [1.807, 2.05) is 13.8 Å². The molecule has 1 amide bonds. The topological polar surface area (TPSA) is 46.3 Å². The van der Waals surface area contributed by atoms with Gasteiger partial charge >= 0.3 is 0 Å². The van der Waals surface area contributed by atoms with Crippen LogP contribution < -0.4 is 5.73 Å². The molecule has 1 heterocycles. The molecule has 1 fully saturated rings. The summed E-state index contributed by atoms with van der Waals surface area (Å²) in [5.74, 6) is -2.11. The number of nitrogen functional groups attached to an aromatic ring is 1. The normalized spacial score (nSPS) is 23.5. The number of likely N-dealkylation sites (tertiary alicyclic amines) is 1. The molecule has 5 heteroatoms. The van der Waals surface area contributed by atoms with Gasteiger partial charge in [0.2, 0.25) is 0 Å². The van der Waals surface area contributed by atoms with E-state index in [-0.39, 0.29) is 23.3 Å². The maximum atomic E-state index is 13.7. The number of hydrogen-bond donors (Lipinski definition) is 1. The summed E-state index contributed by atoms with van der Waals surface area (Å²) in [6.07, 6.45) is 2.85. The van der Waals surface area contributed by atoms with Gasteiger partial charge in [0.15, 0.2) is 0 Å². The van der Waals surface area contributed by atoms with Crippen LogP contribution in [-0.4, -0.2) is 22.9 Å². The minimum Gasteiger partial charge on any atom is -0.396 e. The summed E-state index contributed by atoms with van der Waals surface area (Å²) in [5, 5.41) is 0. The third kappa shape index (κ3) is 2.55. The van der Waals surface area contributed by atoms with Crippen LogP contribution in [0.2, 0.25) is 0 Å². The average molecular weight is 268 g/mol. The molecule has 1 saturated heterocycles. The number of halogens is 2. The van der Waals surface area contributed by atoms with Gasteiger partial charge in [-0.25, -0.2) is 8.78 Å². The summed E-state index contributed by atoms with van der Waals surface area (Å²) >= 11 is 0. The largest absolute Gasteiger partial charge is 0.396 e. The van der Waals surface area contributed by atoms with Gasteiger partial charge in [0.25, 0.3) is 5.91 Å². The third-order valence-electron chi connectivity index (χ3n) is 3.74. The maximum absolute atomic E-state index is 13.7. The quantitative estimate of drug-likeness (QED) is 0.796. The lowest BCUT2D eigenvalue weighted by Crippen LogP contribution is -2.47. The second-order valence-corrected chi connectivity index (χ2v) is 5.19. The lowest BCUT2D eigenvalue weighted by molar-refractivity contribution is 0.0506. The third-order valence-corrected chi connectivity index (χ3v) is 3.74. The molecular formula is C14H18F2N2O. The van der Waals surface area contributed by atoms with E-state index in [4.69, 9.17) is 5.73 Å². The second kappa shape index (κ2) is 5.15. The highest BCUT2D eigenvalue weighted by atomic mass is 19.1. The van der Waals surface area contributed by atoms with E-state index in [1.165, 1.54) is 0 Å². The molecule has 0 bridgehead atoms. The summed E-state index contributed by atoms with van der Waals surface area (Å²) in [4.78, 5) is 14.1. The minimum absolute atomic E-state index is 0.0573. The Morgan fingerprint density at radius 3 is 2.37 bits per heavy atom. The molecule has 0 saturated carbocycles. The first-order valence-electron chi connectivity index (χ1n) is 6.49. The number of anilines is 1. The van der Waals surface area contributed by atoms with Crippen LogP contribution in [0.15, 0.2) is 12.1 Å². The van der Waals surface area contributed by atoms with Gasteiger partial charge in [0, 0.05) is 18.2 Å². The summed E-state index contributed by atoms with van der Waals surface area (Å²) in [6, 6.07) is 1.87. The van der Waals surface area contributed by atoms with Crippen molar-refractivity contribution in [3.8, 4) is 0 Å². The molecule has 1 aliphatic heterocycles. The predicted molar refractivity (Wildman–Crippen MR) is 69.7 cm³/mol. The molecular weight excluding hydrogens is 250 g/mol. The molecule has 2 atom stereocenters. The smallest absolute Gasteiger partial charge is 0.257 e. The Morgan fingerprint density at radius 2 is 1.79 bits per heavy atom. The average Bonchev–Trinajstić information content (AvgIpc) is 2.33. The number of piperidine rings is 1. The summed E-state index contributed by atoms with van der Waals surface area (Å²) in [5.41, 5.74) is 5.05. The highest BCUT2D eigenvalue weighted by Crippen LogP contribution is 2.26. The first-order valence-corrected chi connectivity index (χ1v) is 6.49. The van der Waals surface area contributed by atoms with Crippen LogP contribution in [0.1, 0.15) is 43.5 Å². The Morgan fingerprint density at radius 1 is 1.21 bits per heavy atom. The first-order chi connectivity index (χ1) is 8.91. The fraction of sp³-hybridized carbons (Fsp3) is 0.500.